The summed E-state index contributed by atoms with van der Waals surface area (Å²) in [5.74, 6) is 0.709. The van der Waals surface area contributed by atoms with Gasteiger partial charge in [0.05, 0.1) is 11.0 Å². The van der Waals surface area contributed by atoms with Crippen LogP contribution in [0.1, 0.15) is 12.8 Å². The van der Waals surface area contributed by atoms with Gasteiger partial charge in [0.15, 0.2) is 4.77 Å². The second-order valence-electron chi connectivity index (χ2n) is 5.45. The summed E-state index contributed by atoms with van der Waals surface area (Å²) >= 11 is 11.5. The molecular formula is C14H18ClN3S. The van der Waals surface area contributed by atoms with Crippen molar-refractivity contribution < 1.29 is 0 Å². The quantitative estimate of drug-likeness (QED) is 0.854. The molecule has 5 heteroatoms. The highest BCUT2D eigenvalue weighted by molar-refractivity contribution is 7.71. The molecule has 0 atom stereocenters. The van der Waals surface area contributed by atoms with Gasteiger partial charge in [-0.05, 0) is 69.3 Å². The SMILES string of the molecule is CN1CCC(Cn2c(=S)[nH]c3ccc(Cl)cc32)CC1. The highest BCUT2D eigenvalue weighted by Crippen LogP contribution is 2.23. The molecule has 0 radical (unpaired) electrons. The fourth-order valence-electron chi connectivity index (χ4n) is 2.81. The molecule has 1 N–H and O–H groups in total. The molecule has 1 aliphatic rings. The lowest BCUT2D eigenvalue weighted by Gasteiger charge is -2.29. The number of piperidine rings is 1. The number of fused-ring (bicyclic) bond motifs is 1. The van der Waals surface area contributed by atoms with Gasteiger partial charge in [-0.25, -0.2) is 0 Å². The highest BCUT2D eigenvalue weighted by Gasteiger charge is 2.18. The Bertz CT molecular complexity index is 638. The molecule has 0 amide bonds. The van der Waals surface area contributed by atoms with Gasteiger partial charge in [0, 0.05) is 11.6 Å². The molecule has 1 aromatic carbocycles. The number of likely N-dealkylation sites (tertiary alicyclic amines) is 1. The van der Waals surface area contributed by atoms with Crippen molar-refractivity contribution >= 4 is 34.9 Å². The van der Waals surface area contributed by atoms with Gasteiger partial charge in [0.1, 0.15) is 0 Å². The highest BCUT2D eigenvalue weighted by atomic mass is 35.5. The van der Waals surface area contributed by atoms with E-state index in [1.165, 1.54) is 25.9 Å². The van der Waals surface area contributed by atoms with Gasteiger partial charge in [-0.3, -0.25) is 0 Å². The number of aromatic amines is 1. The first-order valence-electron chi connectivity index (χ1n) is 6.70. The van der Waals surface area contributed by atoms with Crippen molar-refractivity contribution in [2.45, 2.75) is 19.4 Å². The van der Waals surface area contributed by atoms with E-state index in [1.54, 1.807) is 0 Å². The predicted molar refractivity (Wildman–Crippen MR) is 82.4 cm³/mol. The topological polar surface area (TPSA) is 24.0 Å². The zero-order valence-corrected chi connectivity index (χ0v) is 12.6. The van der Waals surface area contributed by atoms with Crippen LogP contribution in [0.15, 0.2) is 18.2 Å². The van der Waals surface area contributed by atoms with Crippen LogP contribution in [0.5, 0.6) is 0 Å². The van der Waals surface area contributed by atoms with E-state index in [1.807, 2.05) is 18.2 Å². The fourth-order valence-corrected chi connectivity index (χ4v) is 3.26. The summed E-state index contributed by atoms with van der Waals surface area (Å²) in [6.07, 6.45) is 2.48. The zero-order chi connectivity index (χ0) is 13.4. The van der Waals surface area contributed by atoms with E-state index in [0.717, 1.165) is 27.4 Å². The molecule has 3 rings (SSSR count). The maximum atomic E-state index is 6.09. The molecular weight excluding hydrogens is 278 g/mol. The molecule has 0 spiro atoms. The lowest BCUT2D eigenvalue weighted by atomic mass is 9.97. The normalized spacial score (nSPS) is 18.2. The number of hydrogen-bond acceptors (Lipinski definition) is 2. The van der Waals surface area contributed by atoms with Crippen molar-refractivity contribution in [3.8, 4) is 0 Å². The first-order valence-corrected chi connectivity index (χ1v) is 7.49. The van der Waals surface area contributed by atoms with Crippen LogP contribution in [-0.4, -0.2) is 34.6 Å². The van der Waals surface area contributed by atoms with Gasteiger partial charge in [-0.1, -0.05) is 11.6 Å². The molecule has 0 unspecified atom stereocenters. The molecule has 0 aliphatic carbocycles. The number of hydrogen-bond donors (Lipinski definition) is 1. The first kappa shape index (κ1) is 13.2. The van der Waals surface area contributed by atoms with E-state index in [0.29, 0.717) is 5.92 Å². The summed E-state index contributed by atoms with van der Waals surface area (Å²) < 4.78 is 3.00. The summed E-state index contributed by atoms with van der Waals surface area (Å²) in [5.41, 5.74) is 2.19. The van der Waals surface area contributed by atoms with E-state index in [4.69, 9.17) is 23.8 Å². The van der Waals surface area contributed by atoms with Crippen LogP contribution < -0.4 is 0 Å². The van der Waals surface area contributed by atoms with Gasteiger partial charge in [0.2, 0.25) is 0 Å². The number of rotatable bonds is 2. The van der Waals surface area contributed by atoms with E-state index < -0.39 is 0 Å². The van der Waals surface area contributed by atoms with Crippen molar-refractivity contribution in [1.82, 2.24) is 14.5 Å². The standard InChI is InChI=1S/C14H18ClN3S/c1-17-6-4-10(5-7-17)9-18-13-8-11(15)2-3-12(13)16-14(18)19/h2-3,8,10H,4-7,9H2,1H3,(H,16,19). The molecule has 1 aromatic heterocycles. The number of imidazole rings is 1. The van der Waals surface area contributed by atoms with Crippen LogP contribution in [0.4, 0.5) is 0 Å². The third-order valence-corrected chi connectivity index (χ3v) is 4.57. The van der Waals surface area contributed by atoms with Crippen LogP contribution in [0, 0.1) is 10.7 Å². The summed E-state index contributed by atoms with van der Waals surface area (Å²) in [4.78, 5) is 5.65. The number of halogens is 1. The van der Waals surface area contributed by atoms with Crippen LogP contribution in [0.2, 0.25) is 5.02 Å². The monoisotopic (exact) mass is 295 g/mol. The van der Waals surface area contributed by atoms with Crippen molar-refractivity contribution in [1.29, 1.82) is 0 Å². The smallest absolute Gasteiger partial charge is 0.178 e. The average molecular weight is 296 g/mol. The largest absolute Gasteiger partial charge is 0.331 e. The number of H-pyrrole nitrogens is 1. The van der Waals surface area contributed by atoms with Crippen molar-refractivity contribution in [3.05, 3.63) is 28.0 Å². The Morgan fingerprint density at radius 2 is 2.11 bits per heavy atom. The molecule has 3 nitrogen and oxygen atoms in total. The Balaban J connectivity index is 1.90. The number of aromatic nitrogens is 2. The third-order valence-electron chi connectivity index (χ3n) is 4.02. The Hall–Kier alpha value is -0.840. The maximum absolute atomic E-state index is 6.09. The fraction of sp³-hybridized carbons (Fsp3) is 0.500. The van der Waals surface area contributed by atoms with E-state index in [2.05, 4.69) is 21.5 Å². The molecule has 2 heterocycles. The molecule has 0 bridgehead atoms. The summed E-state index contributed by atoms with van der Waals surface area (Å²) in [5, 5.41) is 0.763. The Morgan fingerprint density at radius 1 is 1.37 bits per heavy atom. The maximum Gasteiger partial charge on any atom is 0.178 e. The molecule has 2 aromatic rings. The lowest BCUT2D eigenvalue weighted by molar-refractivity contribution is 0.206. The van der Waals surface area contributed by atoms with Gasteiger partial charge in [-0.15, -0.1) is 0 Å². The third kappa shape index (κ3) is 2.71. The Morgan fingerprint density at radius 3 is 2.84 bits per heavy atom. The first-order chi connectivity index (χ1) is 9.13. The van der Waals surface area contributed by atoms with Gasteiger partial charge in [0.25, 0.3) is 0 Å². The van der Waals surface area contributed by atoms with Crippen LogP contribution in [0.3, 0.4) is 0 Å². The minimum Gasteiger partial charge on any atom is -0.331 e. The molecule has 1 aliphatic heterocycles. The second-order valence-corrected chi connectivity index (χ2v) is 6.27. The Kier molecular flexibility index (Phi) is 3.65. The number of benzene rings is 1. The van der Waals surface area contributed by atoms with Crippen molar-refractivity contribution in [2.75, 3.05) is 20.1 Å². The molecule has 19 heavy (non-hydrogen) atoms. The van der Waals surface area contributed by atoms with E-state index in [9.17, 15) is 0 Å². The predicted octanol–water partition coefficient (Wildman–Crippen LogP) is 3.69. The van der Waals surface area contributed by atoms with Crippen molar-refractivity contribution in [2.24, 2.45) is 5.92 Å². The summed E-state index contributed by atoms with van der Waals surface area (Å²) in [6, 6.07) is 5.89. The lowest BCUT2D eigenvalue weighted by Crippen LogP contribution is -2.31. The van der Waals surface area contributed by atoms with Crippen molar-refractivity contribution in [3.63, 3.8) is 0 Å². The molecule has 0 saturated carbocycles. The van der Waals surface area contributed by atoms with Crippen LogP contribution >= 0.6 is 23.8 Å². The van der Waals surface area contributed by atoms with E-state index in [-0.39, 0.29) is 0 Å². The minimum atomic E-state index is 0.709. The average Bonchev–Trinajstić information content (AvgIpc) is 2.69. The Labute approximate surface area is 123 Å². The second kappa shape index (κ2) is 5.27. The number of nitrogens with zero attached hydrogens (tertiary/aromatic N) is 2. The molecule has 1 saturated heterocycles. The van der Waals surface area contributed by atoms with Gasteiger partial charge in [-0.2, -0.15) is 0 Å². The summed E-state index contributed by atoms with van der Waals surface area (Å²) in [6.45, 7) is 3.36. The minimum absolute atomic E-state index is 0.709. The number of nitrogens with one attached hydrogen (secondary N) is 1. The van der Waals surface area contributed by atoms with Gasteiger partial charge < -0.3 is 14.5 Å². The van der Waals surface area contributed by atoms with Crippen LogP contribution in [-0.2, 0) is 6.54 Å². The zero-order valence-electron chi connectivity index (χ0n) is 11.0. The van der Waals surface area contributed by atoms with Crippen LogP contribution in [0.25, 0.3) is 11.0 Å². The molecule has 102 valence electrons. The molecule has 1 fully saturated rings. The van der Waals surface area contributed by atoms with E-state index >= 15 is 0 Å². The van der Waals surface area contributed by atoms with Gasteiger partial charge >= 0.3 is 0 Å². The summed E-state index contributed by atoms with van der Waals surface area (Å²) in [7, 11) is 2.19.